The fraction of sp³-hybridized carbons (Fsp3) is 0.467. The van der Waals surface area contributed by atoms with Crippen molar-refractivity contribution in [2.24, 2.45) is 0 Å². The normalized spacial score (nSPS) is 22.9. The van der Waals surface area contributed by atoms with Crippen molar-refractivity contribution in [1.29, 1.82) is 0 Å². The smallest absolute Gasteiger partial charge is 0.258 e. The van der Waals surface area contributed by atoms with Gasteiger partial charge in [0, 0.05) is 13.5 Å². The zero-order chi connectivity index (χ0) is 13.9. The summed E-state index contributed by atoms with van der Waals surface area (Å²) >= 11 is 0. The Balaban J connectivity index is 1.81. The minimum atomic E-state index is 0.103. The van der Waals surface area contributed by atoms with E-state index in [1.54, 1.807) is 7.11 Å². The van der Waals surface area contributed by atoms with Crippen LogP contribution in [0.25, 0.3) is 11.0 Å². The predicted octanol–water partition coefficient (Wildman–Crippen LogP) is 2.55. The van der Waals surface area contributed by atoms with E-state index in [-0.39, 0.29) is 12.2 Å². The van der Waals surface area contributed by atoms with E-state index in [1.807, 2.05) is 24.3 Å². The van der Waals surface area contributed by atoms with Gasteiger partial charge in [-0.1, -0.05) is 12.1 Å². The average Bonchev–Trinajstić information content (AvgIpc) is 2.48. The largest absolute Gasteiger partial charge is 0.472 e. The highest BCUT2D eigenvalue weighted by Crippen LogP contribution is 2.27. The van der Waals surface area contributed by atoms with Gasteiger partial charge in [0.2, 0.25) is 0 Å². The monoisotopic (exact) mass is 273 g/mol. The maximum absolute atomic E-state index is 5.95. The first-order valence-electron chi connectivity index (χ1n) is 6.98. The number of rotatable bonds is 3. The fourth-order valence-electron chi connectivity index (χ4n) is 2.67. The van der Waals surface area contributed by atoms with E-state index in [4.69, 9.17) is 15.2 Å². The highest BCUT2D eigenvalue weighted by atomic mass is 16.5. The van der Waals surface area contributed by atoms with Gasteiger partial charge in [0.25, 0.3) is 5.88 Å². The van der Waals surface area contributed by atoms with E-state index in [9.17, 15) is 0 Å². The Kier molecular flexibility index (Phi) is 3.69. The number of nitrogens with zero attached hydrogens (tertiary/aromatic N) is 2. The SMILES string of the molecule is COC1CCCC(Oc2nc3ccccc3nc2N)C1. The van der Waals surface area contributed by atoms with Crippen LogP contribution in [0, 0.1) is 0 Å². The molecule has 1 fully saturated rings. The van der Waals surface area contributed by atoms with Gasteiger partial charge in [-0.2, -0.15) is 0 Å². The summed E-state index contributed by atoms with van der Waals surface area (Å²) in [5.74, 6) is 0.786. The zero-order valence-corrected chi connectivity index (χ0v) is 11.6. The van der Waals surface area contributed by atoms with Gasteiger partial charge in [-0.05, 0) is 31.4 Å². The Bertz CT molecular complexity index is 603. The molecule has 1 aromatic carbocycles. The molecule has 20 heavy (non-hydrogen) atoms. The quantitative estimate of drug-likeness (QED) is 0.930. The van der Waals surface area contributed by atoms with Gasteiger partial charge < -0.3 is 15.2 Å². The molecule has 2 atom stereocenters. The molecule has 0 spiro atoms. The molecule has 5 heteroatoms. The van der Waals surface area contributed by atoms with E-state index in [0.29, 0.717) is 11.7 Å². The summed E-state index contributed by atoms with van der Waals surface area (Å²) in [5, 5.41) is 0. The Morgan fingerprint density at radius 3 is 2.55 bits per heavy atom. The Morgan fingerprint density at radius 1 is 1.10 bits per heavy atom. The predicted molar refractivity (Wildman–Crippen MR) is 77.6 cm³/mol. The Morgan fingerprint density at radius 2 is 1.80 bits per heavy atom. The number of aromatic nitrogens is 2. The summed E-state index contributed by atoms with van der Waals surface area (Å²) in [4.78, 5) is 8.81. The van der Waals surface area contributed by atoms with E-state index >= 15 is 0 Å². The molecule has 106 valence electrons. The molecule has 5 nitrogen and oxygen atoms in total. The molecule has 2 aromatic rings. The van der Waals surface area contributed by atoms with Crippen LogP contribution in [0.1, 0.15) is 25.7 Å². The molecule has 0 radical (unpaired) electrons. The van der Waals surface area contributed by atoms with Gasteiger partial charge in [0.1, 0.15) is 6.10 Å². The third kappa shape index (κ3) is 2.67. The number of para-hydroxylation sites is 2. The number of nitrogens with two attached hydrogens (primary N) is 1. The fourth-order valence-corrected chi connectivity index (χ4v) is 2.67. The molecular formula is C15H19N3O2. The van der Waals surface area contributed by atoms with Crippen LogP contribution in [0.4, 0.5) is 5.82 Å². The molecule has 1 aliphatic rings. The molecule has 1 heterocycles. The first kappa shape index (κ1) is 13.1. The van der Waals surface area contributed by atoms with E-state index in [0.717, 1.165) is 36.7 Å². The average molecular weight is 273 g/mol. The van der Waals surface area contributed by atoms with E-state index in [2.05, 4.69) is 9.97 Å². The summed E-state index contributed by atoms with van der Waals surface area (Å²) < 4.78 is 11.4. The van der Waals surface area contributed by atoms with Crippen LogP contribution < -0.4 is 10.5 Å². The summed E-state index contributed by atoms with van der Waals surface area (Å²) in [5.41, 5.74) is 7.53. The lowest BCUT2D eigenvalue weighted by molar-refractivity contribution is 0.0198. The first-order valence-corrected chi connectivity index (χ1v) is 6.98. The van der Waals surface area contributed by atoms with Gasteiger partial charge in [0.15, 0.2) is 5.82 Å². The molecule has 0 bridgehead atoms. The number of hydrogen-bond donors (Lipinski definition) is 1. The van der Waals surface area contributed by atoms with Crippen molar-refractivity contribution in [1.82, 2.24) is 9.97 Å². The van der Waals surface area contributed by atoms with Crippen molar-refractivity contribution >= 4 is 16.9 Å². The lowest BCUT2D eigenvalue weighted by atomic mass is 9.95. The molecule has 0 saturated heterocycles. The van der Waals surface area contributed by atoms with Crippen molar-refractivity contribution in [2.75, 3.05) is 12.8 Å². The topological polar surface area (TPSA) is 70.3 Å². The summed E-state index contributed by atoms with van der Waals surface area (Å²) in [6.07, 6.45) is 4.45. The molecule has 0 amide bonds. The van der Waals surface area contributed by atoms with Crippen LogP contribution in [-0.2, 0) is 4.74 Å². The maximum Gasteiger partial charge on any atom is 0.258 e. The number of nitrogen functional groups attached to an aromatic ring is 1. The van der Waals surface area contributed by atoms with Crippen LogP contribution >= 0.6 is 0 Å². The highest BCUT2D eigenvalue weighted by molar-refractivity contribution is 5.76. The third-order valence-corrected chi connectivity index (χ3v) is 3.75. The second kappa shape index (κ2) is 5.63. The van der Waals surface area contributed by atoms with Crippen molar-refractivity contribution < 1.29 is 9.47 Å². The van der Waals surface area contributed by atoms with Crippen LogP contribution in [-0.4, -0.2) is 29.3 Å². The standard InChI is InChI=1S/C15H19N3O2/c1-19-10-5-4-6-11(9-10)20-15-14(16)17-12-7-2-3-8-13(12)18-15/h2-3,7-8,10-11H,4-6,9H2,1H3,(H2,16,17). The highest BCUT2D eigenvalue weighted by Gasteiger charge is 2.24. The molecule has 3 rings (SSSR count). The third-order valence-electron chi connectivity index (χ3n) is 3.75. The Hall–Kier alpha value is -1.88. The van der Waals surface area contributed by atoms with Gasteiger partial charge in [-0.3, -0.25) is 0 Å². The lowest BCUT2D eigenvalue weighted by Gasteiger charge is -2.28. The molecule has 0 aliphatic heterocycles. The van der Waals surface area contributed by atoms with Crippen molar-refractivity contribution in [3.63, 3.8) is 0 Å². The van der Waals surface area contributed by atoms with Crippen LogP contribution in [0.2, 0.25) is 0 Å². The minimum Gasteiger partial charge on any atom is -0.472 e. The van der Waals surface area contributed by atoms with Crippen molar-refractivity contribution in [3.8, 4) is 5.88 Å². The van der Waals surface area contributed by atoms with Crippen molar-refractivity contribution in [2.45, 2.75) is 37.9 Å². The number of methoxy groups -OCH3 is 1. The van der Waals surface area contributed by atoms with Crippen LogP contribution in [0.3, 0.4) is 0 Å². The van der Waals surface area contributed by atoms with Gasteiger partial charge in [-0.15, -0.1) is 0 Å². The van der Waals surface area contributed by atoms with E-state index in [1.165, 1.54) is 0 Å². The van der Waals surface area contributed by atoms with Crippen LogP contribution in [0.15, 0.2) is 24.3 Å². The van der Waals surface area contributed by atoms with Crippen molar-refractivity contribution in [3.05, 3.63) is 24.3 Å². The zero-order valence-electron chi connectivity index (χ0n) is 11.6. The minimum absolute atomic E-state index is 0.103. The molecule has 1 aromatic heterocycles. The summed E-state index contributed by atoms with van der Waals surface area (Å²) in [6.45, 7) is 0. The molecule has 2 N–H and O–H groups in total. The second-order valence-corrected chi connectivity index (χ2v) is 5.17. The van der Waals surface area contributed by atoms with Gasteiger partial charge in [0.05, 0.1) is 17.1 Å². The molecule has 1 saturated carbocycles. The summed E-state index contributed by atoms with van der Waals surface area (Å²) in [7, 11) is 1.75. The van der Waals surface area contributed by atoms with Crippen LogP contribution in [0.5, 0.6) is 5.88 Å². The molecular weight excluding hydrogens is 254 g/mol. The summed E-state index contributed by atoms with van der Waals surface area (Å²) in [6, 6.07) is 7.65. The number of hydrogen-bond acceptors (Lipinski definition) is 5. The first-order chi connectivity index (χ1) is 9.76. The Labute approximate surface area is 118 Å². The second-order valence-electron chi connectivity index (χ2n) is 5.17. The lowest BCUT2D eigenvalue weighted by Crippen LogP contribution is -2.30. The number of benzene rings is 1. The maximum atomic E-state index is 5.95. The van der Waals surface area contributed by atoms with Gasteiger partial charge >= 0.3 is 0 Å². The molecule has 2 unspecified atom stereocenters. The van der Waals surface area contributed by atoms with Gasteiger partial charge in [-0.25, -0.2) is 9.97 Å². The number of ether oxygens (including phenoxy) is 2. The van der Waals surface area contributed by atoms with E-state index < -0.39 is 0 Å². The number of anilines is 1. The molecule has 1 aliphatic carbocycles. The number of fused-ring (bicyclic) bond motifs is 1.